The standard InChI is InChI=1S/C18H18O4/c1-11-10-14(18(22-4)17(21-3)12(11)2)16(20)15(19)13-8-6-5-7-9-13/h5-10H,1-4H3. The fourth-order valence-electron chi connectivity index (χ4n) is 2.32. The molecule has 0 aliphatic carbocycles. The summed E-state index contributed by atoms with van der Waals surface area (Å²) >= 11 is 0. The molecule has 0 heterocycles. The Balaban J connectivity index is 2.55. The third kappa shape index (κ3) is 2.72. The molecule has 22 heavy (non-hydrogen) atoms. The summed E-state index contributed by atoms with van der Waals surface area (Å²) in [5, 5.41) is 0. The third-order valence-corrected chi connectivity index (χ3v) is 3.64. The largest absolute Gasteiger partial charge is 0.493 e. The molecule has 0 aliphatic heterocycles. The molecule has 0 saturated carbocycles. The fraction of sp³-hybridized carbons (Fsp3) is 0.222. The van der Waals surface area contributed by atoms with Crippen LogP contribution in [0.5, 0.6) is 11.5 Å². The fourth-order valence-corrected chi connectivity index (χ4v) is 2.32. The van der Waals surface area contributed by atoms with Gasteiger partial charge in [-0.15, -0.1) is 0 Å². The molecule has 4 heteroatoms. The molecular formula is C18H18O4. The summed E-state index contributed by atoms with van der Waals surface area (Å²) in [7, 11) is 2.97. The molecule has 0 fully saturated rings. The van der Waals surface area contributed by atoms with Crippen LogP contribution in [0.3, 0.4) is 0 Å². The molecular weight excluding hydrogens is 280 g/mol. The van der Waals surface area contributed by atoms with Gasteiger partial charge >= 0.3 is 0 Å². The van der Waals surface area contributed by atoms with E-state index in [0.29, 0.717) is 17.1 Å². The van der Waals surface area contributed by atoms with Crippen molar-refractivity contribution in [2.75, 3.05) is 14.2 Å². The first-order chi connectivity index (χ1) is 10.5. The van der Waals surface area contributed by atoms with Crippen LogP contribution >= 0.6 is 0 Å². The van der Waals surface area contributed by atoms with E-state index in [4.69, 9.17) is 9.47 Å². The van der Waals surface area contributed by atoms with Crippen molar-refractivity contribution < 1.29 is 19.1 Å². The SMILES string of the molecule is COc1c(C(=O)C(=O)c2ccccc2)cc(C)c(C)c1OC. The van der Waals surface area contributed by atoms with Gasteiger partial charge in [-0.05, 0) is 31.0 Å². The Kier molecular flexibility index (Phi) is 4.61. The lowest BCUT2D eigenvalue weighted by Crippen LogP contribution is -2.16. The van der Waals surface area contributed by atoms with Crippen LogP contribution in [0.2, 0.25) is 0 Å². The summed E-state index contributed by atoms with van der Waals surface area (Å²) in [4.78, 5) is 24.9. The number of aryl methyl sites for hydroxylation is 1. The normalized spacial score (nSPS) is 10.2. The Labute approximate surface area is 129 Å². The van der Waals surface area contributed by atoms with Crippen molar-refractivity contribution in [2.45, 2.75) is 13.8 Å². The third-order valence-electron chi connectivity index (χ3n) is 3.64. The van der Waals surface area contributed by atoms with Crippen LogP contribution in [0.25, 0.3) is 0 Å². The minimum absolute atomic E-state index is 0.219. The number of hydrogen-bond acceptors (Lipinski definition) is 4. The molecule has 0 spiro atoms. The highest BCUT2D eigenvalue weighted by atomic mass is 16.5. The van der Waals surface area contributed by atoms with Gasteiger partial charge in [-0.2, -0.15) is 0 Å². The van der Waals surface area contributed by atoms with E-state index in [1.54, 1.807) is 36.4 Å². The number of methoxy groups -OCH3 is 2. The number of ether oxygens (including phenoxy) is 2. The first-order valence-corrected chi connectivity index (χ1v) is 6.87. The van der Waals surface area contributed by atoms with E-state index in [0.717, 1.165) is 11.1 Å². The lowest BCUT2D eigenvalue weighted by Gasteiger charge is -2.16. The minimum atomic E-state index is -0.607. The average Bonchev–Trinajstić information content (AvgIpc) is 2.56. The van der Waals surface area contributed by atoms with E-state index in [2.05, 4.69) is 0 Å². The highest BCUT2D eigenvalue weighted by Gasteiger charge is 2.25. The molecule has 2 aromatic rings. The molecule has 0 radical (unpaired) electrons. The minimum Gasteiger partial charge on any atom is -0.493 e. The van der Waals surface area contributed by atoms with Gasteiger partial charge in [-0.3, -0.25) is 9.59 Å². The van der Waals surface area contributed by atoms with Gasteiger partial charge in [0.2, 0.25) is 11.6 Å². The number of carbonyl (C=O) groups is 2. The second-order valence-electron chi connectivity index (χ2n) is 4.96. The van der Waals surface area contributed by atoms with Crippen LogP contribution in [-0.2, 0) is 0 Å². The number of Topliss-reactive ketones (excluding diaryl/α,β-unsaturated/α-hetero) is 2. The molecule has 114 valence electrons. The number of hydrogen-bond donors (Lipinski definition) is 0. The van der Waals surface area contributed by atoms with Crippen LogP contribution in [-0.4, -0.2) is 25.8 Å². The molecule has 0 bridgehead atoms. The Morgan fingerprint density at radius 2 is 1.45 bits per heavy atom. The molecule has 4 nitrogen and oxygen atoms in total. The Bertz CT molecular complexity index is 718. The Morgan fingerprint density at radius 1 is 0.864 bits per heavy atom. The second kappa shape index (κ2) is 6.43. The van der Waals surface area contributed by atoms with Gasteiger partial charge in [0.15, 0.2) is 11.5 Å². The number of rotatable bonds is 5. The summed E-state index contributed by atoms with van der Waals surface area (Å²) in [5.74, 6) is -0.403. The zero-order valence-corrected chi connectivity index (χ0v) is 13.1. The monoisotopic (exact) mass is 298 g/mol. The zero-order chi connectivity index (χ0) is 16.3. The average molecular weight is 298 g/mol. The van der Waals surface area contributed by atoms with E-state index in [9.17, 15) is 9.59 Å². The van der Waals surface area contributed by atoms with Crippen molar-refractivity contribution in [1.29, 1.82) is 0 Å². The van der Waals surface area contributed by atoms with Gasteiger partial charge < -0.3 is 9.47 Å². The number of ketones is 2. The maximum Gasteiger partial charge on any atom is 0.237 e. The van der Waals surface area contributed by atoms with Gasteiger partial charge in [0, 0.05) is 5.56 Å². The quantitative estimate of drug-likeness (QED) is 0.627. The lowest BCUT2D eigenvalue weighted by atomic mass is 9.96. The van der Waals surface area contributed by atoms with Gasteiger partial charge in [0.1, 0.15) is 0 Å². The predicted octanol–water partition coefficient (Wildman–Crippen LogP) is 3.39. The van der Waals surface area contributed by atoms with Crippen molar-refractivity contribution in [1.82, 2.24) is 0 Å². The van der Waals surface area contributed by atoms with E-state index in [1.807, 2.05) is 13.8 Å². The highest BCUT2D eigenvalue weighted by Crippen LogP contribution is 2.37. The molecule has 0 saturated heterocycles. The van der Waals surface area contributed by atoms with E-state index in [-0.39, 0.29) is 5.56 Å². The summed E-state index contributed by atoms with van der Waals surface area (Å²) in [6, 6.07) is 10.1. The summed E-state index contributed by atoms with van der Waals surface area (Å²) in [6.45, 7) is 3.74. The van der Waals surface area contributed by atoms with E-state index in [1.165, 1.54) is 14.2 Å². The first-order valence-electron chi connectivity index (χ1n) is 6.87. The smallest absolute Gasteiger partial charge is 0.237 e. The van der Waals surface area contributed by atoms with Gasteiger partial charge in [-0.1, -0.05) is 30.3 Å². The number of benzene rings is 2. The maximum absolute atomic E-state index is 12.6. The van der Waals surface area contributed by atoms with Gasteiger partial charge in [-0.25, -0.2) is 0 Å². The highest BCUT2D eigenvalue weighted by molar-refractivity contribution is 6.49. The van der Waals surface area contributed by atoms with Crippen LogP contribution in [0.1, 0.15) is 31.8 Å². The van der Waals surface area contributed by atoms with Crippen molar-refractivity contribution in [3.8, 4) is 11.5 Å². The van der Waals surface area contributed by atoms with Crippen LogP contribution < -0.4 is 9.47 Å². The van der Waals surface area contributed by atoms with E-state index >= 15 is 0 Å². The molecule has 0 N–H and O–H groups in total. The lowest BCUT2D eigenvalue weighted by molar-refractivity contribution is 0.0814. The van der Waals surface area contributed by atoms with Crippen molar-refractivity contribution in [3.63, 3.8) is 0 Å². The number of carbonyl (C=O) groups excluding carboxylic acids is 2. The second-order valence-corrected chi connectivity index (χ2v) is 4.96. The molecule has 0 aromatic heterocycles. The molecule has 0 amide bonds. The first kappa shape index (κ1) is 15.8. The van der Waals surface area contributed by atoms with Crippen molar-refractivity contribution >= 4 is 11.6 Å². The van der Waals surface area contributed by atoms with Gasteiger partial charge in [0.25, 0.3) is 0 Å². The van der Waals surface area contributed by atoms with E-state index < -0.39 is 11.6 Å². The molecule has 0 atom stereocenters. The summed E-state index contributed by atoms with van der Waals surface area (Å²) < 4.78 is 10.6. The molecule has 2 rings (SSSR count). The van der Waals surface area contributed by atoms with Crippen LogP contribution in [0.15, 0.2) is 36.4 Å². The van der Waals surface area contributed by atoms with Gasteiger partial charge in [0.05, 0.1) is 19.8 Å². The van der Waals surface area contributed by atoms with Crippen LogP contribution in [0, 0.1) is 13.8 Å². The maximum atomic E-state index is 12.6. The van der Waals surface area contributed by atoms with Crippen molar-refractivity contribution in [3.05, 3.63) is 58.7 Å². The van der Waals surface area contributed by atoms with Crippen molar-refractivity contribution in [2.24, 2.45) is 0 Å². The molecule has 0 aliphatic rings. The predicted molar refractivity (Wildman–Crippen MR) is 84.1 cm³/mol. The molecule has 0 unspecified atom stereocenters. The molecule has 2 aromatic carbocycles. The summed E-state index contributed by atoms with van der Waals surface area (Å²) in [5.41, 5.74) is 2.31. The Morgan fingerprint density at radius 3 is 2.00 bits per heavy atom. The topological polar surface area (TPSA) is 52.6 Å². The summed E-state index contributed by atoms with van der Waals surface area (Å²) in [6.07, 6.45) is 0. The van der Waals surface area contributed by atoms with Crippen LogP contribution in [0.4, 0.5) is 0 Å². The Hall–Kier alpha value is -2.62. The zero-order valence-electron chi connectivity index (χ0n) is 13.1.